The SMILES string of the molecule is CCNC(=NC)C1CO1. The molecule has 1 unspecified atom stereocenters. The van der Waals surface area contributed by atoms with Gasteiger partial charge in [-0.3, -0.25) is 4.99 Å². The van der Waals surface area contributed by atoms with Crippen LogP contribution in [-0.2, 0) is 4.74 Å². The second-order valence-corrected chi connectivity index (χ2v) is 1.96. The molecule has 0 spiro atoms. The number of rotatable bonds is 2. The van der Waals surface area contributed by atoms with Crippen molar-refractivity contribution in [3.05, 3.63) is 0 Å². The Hall–Kier alpha value is -0.570. The summed E-state index contributed by atoms with van der Waals surface area (Å²) in [6.45, 7) is 3.81. The Balaban J connectivity index is 2.30. The van der Waals surface area contributed by atoms with E-state index in [-0.39, 0.29) is 6.10 Å². The molecule has 1 N–H and O–H groups in total. The van der Waals surface area contributed by atoms with E-state index in [1.165, 1.54) is 0 Å². The summed E-state index contributed by atoms with van der Waals surface area (Å²) in [5, 5.41) is 3.12. The fraction of sp³-hybridized carbons (Fsp3) is 0.833. The number of aliphatic imine (C=N–C) groups is 1. The van der Waals surface area contributed by atoms with Gasteiger partial charge in [-0.05, 0) is 6.92 Å². The molecule has 0 amide bonds. The summed E-state index contributed by atoms with van der Waals surface area (Å²) in [7, 11) is 1.78. The molecule has 0 aliphatic carbocycles. The number of hydrogen-bond donors (Lipinski definition) is 1. The Morgan fingerprint density at radius 2 is 2.56 bits per heavy atom. The Morgan fingerprint density at radius 3 is 2.89 bits per heavy atom. The number of nitrogens with zero attached hydrogens (tertiary/aromatic N) is 1. The molecular weight excluding hydrogens is 116 g/mol. The molecule has 1 fully saturated rings. The van der Waals surface area contributed by atoms with Crippen LogP contribution in [-0.4, -0.2) is 32.1 Å². The van der Waals surface area contributed by atoms with Gasteiger partial charge in [-0.25, -0.2) is 0 Å². The normalized spacial score (nSPS) is 26.0. The molecule has 0 aromatic rings. The van der Waals surface area contributed by atoms with Crippen LogP contribution in [0.1, 0.15) is 6.92 Å². The summed E-state index contributed by atoms with van der Waals surface area (Å²) in [6, 6.07) is 0. The first-order valence-electron chi connectivity index (χ1n) is 3.20. The van der Waals surface area contributed by atoms with Crippen LogP contribution >= 0.6 is 0 Å². The van der Waals surface area contributed by atoms with Gasteiger partial charge in [-0.15, -0.1) is 0 Å². The van der Waals surface area contributed by atoms with Gasteiger partial charge in [0.15, 0.2) is 0 Å². The minimum absolute atomic E-state index is 0.273. The van der Waals surface area contributed by atoms with E-state index >= 15 is 0 Å². The zero-order chi connectivity index (χ0) is 6.69. The lowest BCUT2D eigenvalue weighted by Gasteiger charge is -2.00. The largest absolute Gasteiger partial charge is 0.372 e. The maximum Gasteiger partial charge on any atom is 0.138 e. The summed E-state index contributed by atoms with van der Waals surface area (Å²) in [6.07, 6.45) is 0.273. The van der Waals surface area contributed by atoms with Gasteiger partial charge in [0.25, 0.3) is 0 Å². The van der Waals surface area contributed by atoms with Crippen molar-refractivity contribution >= 4 is 5.84 Å². The van der Waals surface area contributed by atoms with Gasteiger partial charge >= 0.3 is 0 Å². The van der Waals surface area contributed by atoms with Gasteiger partial charge < -0.3 is 10.1 Å². The highest BCUT2D eigenvalue weighted by atomic mass is 16.6. The molecular formula is C6H12N2O. The van der Waals surface area contributed by atoms with Crippen molar-refractivity contribution in [2.75, 3.05) is 20.2 Å². The number of ether oxygens (including phenoxy) is 1. The molecule has 0 aromatic heterocycles. The summed E-state index contributed by atoms with van der Waals surface area (Å²) in [5.41, 5.74) is 0. The molecule has 0 bridgehead atoms. The average molecular weight is 128 g/mol. The molecule has 1 heterocycles. The third-order valence-corrected chi connectivity index (χ3v) is 1.24. The van der Waals surface area contributed by atoms with E-state index in [0.29, 0.717) is 0 Å². The van der Waals surface area contributed by atoms with Crippen molar-refractivity contribution in [2.45, 2.75) is 13.0 Å². The number of likely N-dealkylation sites (N-methyl/N-ethyl adjacent to an activating group) is 1. The van der Waals surface area contributed by atoms with Crippen molar-refractivity contribution in [1.82, 2.24) is 5.32 Å². The molecule has 3 nitrogen and oxygen atoms in total. The summed E-state index contributed by atoms with van der Waals surface area (Å²) in [5.74, 6) is 0.984. The van der Waals surface area contributed by atoms with Crippen molar-refractivity contribution in [1.29, 1.82) is 0 Å². The van der Waals surface area contributed by atoms with E-state index in [1.807, 2.05) is 6.92 Å². The molecule has 1 aliphatic rings. The van der Waals surface area contributed by atoms with Crippen LogP contribution in [0.4, 0.5) is 0 Å². The van der Waals surface area contributed by atoms with E-state index in [4.69, 9.17) is 4.74 Å². The standard InChI is InChI=1S/C6H12N2O/c1-3-8-6(7-2)5-4-9-5/h5H,3-4H2,1-2H3,(H,7,8). The van der Waals surface area contributed by atoms with Crippen LogP contribution in [0.25, 0.3) is 0 Å². The highest BCUT2D eigenvalue weighted by Crippen LogP contribution is 2.08. The lowest BCUT2D eigenvalue weighted by molar-refractivity contribution is 0.446. The first-order chi connectivity index (χ1) is 4.38. The van der Waals surface area contributed by atoms with Crippen LogP contribution in [0, 0.1) is 0 Å². The molecule has 0 radical (unpaired) electrons. The molecule has 1 rings (SSSR count). The minimum atomic E-state index is 0.273. The fourth-order valence-electron chi connectivity index (χ4n) is 0.724. The minimum Gasteiger partial charge on any atom is -0.372 e. The summed E-state index contributed by atoms with van der Waals surface area (Å²) in [4.78, 5) is 4.02. The topological polar surface area (TPSA) is 36.9 Å². The lowest BCUT2D eigenvalue weighted by atomic mass is 10.4. The second-order valence-electron chi connectivity index (χ2n) is 1.96. The Kier molecular flexibility index (Phi) is 2.05. The predicted molar refractivity (Wildman–Crippen MR) is 36.8 cm³/mol. The van der Waals surface area contributed by atoms with Crippen LogP contribution in [0.5, 0.6) is 0 Å². The summed E-state index contributed by atoms with van der Waals surface area (Å²) < 4.78 is 5.02. The van der Waals surface area contributed by atoms with E-state index in [2.05, 4.69) is 10.3 Å². The monoisotopic (exact) mass is 128 g/mol. The molecule has 9 heavy (non-hydrogen) atoms. The Morgan fingerprint density at radius 1 is 1.89 bits per heavy atom. The number of epoxide rings is 1. The van der Waals surface area contributed by atoms with Crippen molar-refractivity contribution in [3.8, 4) is 0 Å². The van der Waals surface area contributed by atoms with Gasteiger partial charge in [0.2, 0.25) is 0 Å². The Bertz CT molecular complexity index is 118. The van der Waals surface area contributed by atoms with Gasteiger partial charge in [0, 0.05) is 13.6 Å². The third-order valence-electron chi connectivity index (χ3n) is 1.24. The smallest absolute Gasteiger partial charge is 0.138 e. The number of hydrogen-bond acceptors (Lipinski definition) is 2. The molecule has 0 aromatic carbocycles. The molecule has 1 atom stereocenters. The molecule has 3 heteroatoms. The van der Waals surface area contributed by atoms with Crippen molar-refractivity contribution < 1.29 is 4.74 Å². The molecule has 1 aliphatic heterocycles. The van der Waals surface area contributed by atoms with E-state index in [9.17, 15) is 0 Å². The molecule has 1 saturated heterocycles. The van der Waals surface area contributed by atoms with Crippen molar-refractivity contribution in [3.63, 3.8) is 0 Å². The van der Waals surface area contributed by atoms with Crippen LogP contribution in [0.15, 0.2) is 4.99 Å². The summed E-state index contributed by atoms with van der Waals surface area (Å²) >= 11 is 0. The van der Waals surface area contributed by atoms with Gasteiger partial charge in [0.1, 0.15) is 11.9 Å². The Labute approximate surface area is 55.1 Å². The zero-order valence-electron chi connectivity index (χ0n) is 5.85. The van der Waals surface area contributed by atoms with E-state index in [1.54, 1.807) is 7.05 Å². The fourth-order valence-corrected chi connectivity index (χ4v) is 0.724. The predicted octanol–water partition coefficient (Wildman–Crippen LogP) is 0.0230. The molecule has 0 saturated carbocycles. The third kappa shape index (κ3) is 1.68. The number of nitrogens with one attached hydrogen (secondary N) is 1. The second kappa shape index (κ2) is 2.82. The van der Waals surface area contributed by atoms with E-state index in [0.717, 1.165) is 19.0 Å². The first-order valence-corrected chi connectivity index (χ1v) is 3.20. The maximum atomic E-state index is 5.02. The number of amidine groups is 1. The lowest BCUT2D eigenvalue weighted by Crippen LogP contribution is -2.27. The van der Waals surface area contributed by atoms with Crippen LogP contribution in [0.3, 0.4) is 0 Å². The van der Waals surface area contributed by atoms with Crippen LogP contribution in [0.2, 0.25) is 0 Å². The molecule has 52 valence electrons. The van der Waals surface area contributed by atoms with E-state index < -0.39 is 0 Å². The van der Waals surface area contributed by atoms with Crippen LogP contribution < -0.4 is 5.32 Å². The quantitative estimate of drug-likeness (QED) is 0.323. The average Bonchev–Trinajstić information content (AvgIpc) is 2.64. The zero-order valence-corrected chi connectivity index (χ0v) is 5.85. The highest BCUT2D eigenvalue weighted by Gasteiger charge is 2.27. The highest BCUT2D eigenvalue weighted by molar-refractivity contribution is 5.88. The van der Waals surface area contributed by atoms with Gasteiger partial charge in [0.05, 0.1) is 6.61 Å². The van der Waals surface area contributed by atoms with Crippen molar-refractivity contribution in [2.24, 2.45) is 4.99 Å². The van der Waals surface area contributed by atoms with Gasteiger partial charge in [-0.2, -0.15) is 0 Å². The maximum absolute atomic E-state index is 5.02. The van der Waals surface area contributed by atoms with Gasteiger partial charge in [-0.1, -0.05) is 0 Å². The first kappa shape index (κ1) is 6.55.